The van der Waals surface area contributed by atoms with Gasteiger partial charge in [-0.15, -0.1) is 0 Å². The predicted octanol–water partition coefficient (Wildman–Crippen LogP) is 4.81. The van der Waals surface area contributed by atoms with E-state index in [1.54, 1.807) is 0 Å². The molecule has 0 unspecified atom stereocenters. The van der Waals surface area contributed by atoms with Crippen LogP contribution in [-0.4, -0.2) is 5.71 Å². The molecule has 0 fully saturated rings. The molecule has 1 aliphatic rings. The minimum absolute atomic E-state index is 0.791. The van der Waals surface area contributed by atoms with Crippen LogP contribution >= 0.6 is 0 Å². The van der Waals surface area contributed by atoms with Gasteiger partial charge >= 0.3 is 0 Å². The van der Waals surface area contributed by atoms with Crippen LogP contribution in [0.4, 0.5) is 0 Å². The van der Waals surface area contributed by atoms with E-state index in [0.29, 0.717) is 0 Å². The van der Waals surface area contributed by atoms with Gasteiger partial charge in [0.15, 0.2) is 0 Å². The van der Waals surface area contributed by atoms with E-state index in [4.69, 9.17) is 5.41 Å². The Hall–Kier alpha value is -1.11. The summed E-state index contributed by atoms with van der Waals surface area (Å²) in [6.07, 6.45) is 12.0. The third kappa shape index (κ3) is 4.61. The minimum atomic E-state index is 0.791. The topological polar surface area (TPSA) is 23.9 Å². The SMILES string of the molecule is C/C1=C/C/C=C(/C)C(=N)CC/C(C)=C\CC1. The summed E-state index contributed by atoms with van der Waals surface area (Å²) in [5, 5.41) is 7.95. The molecule has 1 aliphatic carbocycles. The molecule has 0 amide bonds. The van der Waals surface area contributed by atoms with Crippen molar-refractivity contribution in [1.82, 2.24) is 0 Å². The molecule has 0 saturated heterocycles. The zero-order valence-corrected chi connectivity index (χ0v) is 10.8. The van der Waals surface area contributed by atoms with Crippen LogP contribution in [0, 0.1) is 5.41 Å². The monoisotopic (exact) mass is 217 g/mol. The highest BCUT2D eigenvalue weighted by atomic mass is 14.4. The lowest BCUT2D eigenvalue weighted by molar-refractivity contribution is 0.923. The van der Waals surface area contributed by atoms with Crippen LogP contribution < -0.4 is 0 Å². The number of rotatable bonds is 0. The zero-order valence-electron chi connectivity index (χ0n) is 10.8. The third-order valence-corrected chi connectivity index (χ3v) is 3.17. The first-order valence-corrected chi connectivity index (χ1v) is 6.15. The van der Waals surface area contributed by atoms with E-state index in [0.717, 1.165) is 37.0 Å². The summed E-state index contributed by atoms with van der Waals surface area (Å²) < 4.78 is 0. The Kier molecular flexibility index (Phi) is 5.24. The first-order chi connectivity index (χ1) is 7.59. The Morgan fingerprint density at radius 2 is 1.56 bits per heavy atom. The Balaban J connectivity index is 2.78. The van der Waals surface area contributed by atoms with E-state index in [2.05, 4.69) is 39.0 Å². The minimum Gasteiger partial charge on any atom is -0.305 e. The van der Waals surface area contributed by atoms with Crippen molar-refractivity contribution in [2.75, 3.05) is 0 Å². The quantitative estimate of drug-likeness (QED) is 0.563. The molecule has 0 aliphatic heterocycles. The number of hydrogen-bond acceptors (Lipinski definition) is 1. The first-order valence-electron chi connectivity index (χ1n) is 6.15. The summed E-state index contributed by atoms with van der Waals surface area (Å²) in [4.78, 5) is 0. The third-order valence-electron chi connectivity index (χ3n) is 3.17. The highest BCUT2D eigenvalue weighted by molar-refractivity contribution is 5.97. The normalized spacial score (nSPS) is 29.9. The molecule has 0 radical (unpaired) electrons. The highest BCUT2D eigenvalue weighted by Crippen LogP contribution is 2.14. The van der Waals surface area contributed by atoms with Crippen LogP contribution in [0.3, 0.4) is 0 Å². The molecule has 16 heavy (non-hydrogen) atoms. The summed E-state index contributed by atoms with van der Waals surface area (Å²) >= 11 is 0. The van der Waals surface area contributed by atoms with Gasteiger partial charge in [-0.3, -0.25) is 0 Å². The van der Waals surface area contributed by atoms with Gasteiger partial charge < -0.3 is 5.41 Å². The van der Waals surface area contributed by atoms with Crippen molar-refractivity contribution in [3.63, 3.8) is 0 Å². The van der Waals surface area contributed by atoms with Crippen LogP contribution in [0.2, 0.25) is 0 Å². The molecule has 1 heteroatoms. The van der Waals surface area contributed by atoms with Gasteiger partial charge in [-0.05, 0) is 58.4 Å². The number of allylic oxidation sites excluding steroid dienone is 6. The van der Waals surface area contributed by atoms with E-state index >= 15 is 0 Å². The van der Waals surface area contributed by atoms with Crippen molar-refractivity contribution in [3.05, 3.63) is 34.9 Å². The van der Waals surface area contributed by atoms with Gasteiger partial charge in [0.25, 0.3) is 0 Å². The molecule has 0 aromatic carbocycles. The van der Waals surface area contributed by atoms with Crippen molar-refractivity contribution in [2.45, 2.75) is 52.9 Å². The van der Waals surface area contributed by atoms with Crippen LogP contribution in [0.5, 0.6) is 0 Å². The molecular formula is C15H23N. The van der Waals surface area contributed by atoms with Crippen LogP contribution in [0.15, 0.2) is 34.9 Å². The smallest absolute Gasteiger partial charge is 0.0343 e. The number of nitrogens with one attached hydrogen (secondary N) is 1. The van der Waals surface area contributed by atoms with Crippen LogP contribution in [0.1, 0.15) is 52.9 Å². The van der Waals surface area contributed by atoms with Gasteiger partial charge in [-0.1, -0.05) is 29.4 Å². The van der Waals surface area contributed by atoms with E-state index in [1.807, 2.05) is 0 Å². The molecule has 0 saturated carbocycles. The second-order valence-corrected chi connectivity index (χ2v) is 4.74. The molecular weight excluding hydrogens is 194 g/mol. The van der Waals surface area contributed by atoms with Gasteiger partial charge in [0.1, 0.15) is 0 Å². The van der Waals surface area contributed by atoms with E-state index in [1.165, 1.54) is 17.6 Å². The second kappa shape index (κ2) is 6.47. The predicted molar refractivity (Wildman–Crippen MR) is 72.1 cm³/mol. The van der Waals surface area contributed by atoms with E-state index in [9.17, 15) is 0 Å². The van der Waals surface area contributed by atoms with E-state index in [-0.39, 0.29) is 0 Å². The Morgan fingerprint density at radius 3 is 2.31 bits per heavy atom. The molecule has 0 bridgehead atoms. The standard InChI is InChI=1S/C15H23N/c1-12-6-4-7-13(2)10-11-15(16)14(3)9-5-8-12/h7-9,16H,4-6,10-11H2,1-3H3/b12-8-,13-7-,14-9-,16-15?. The Labute approximate surface area is 99.5 Å². The molecule has 1 rings (SSSR count). The fraction of sp³-hybridized carbons (Fsp3) is 0.533. The van der Waals surface area contributed by atoms with Gasteiger partial charge in [0.05, 0.1) is 0 Å². The van der Waals surface area contributed by atoms with Crippen molar-refractivity contribution in [2.24, 2.45) is 0 Å². The van der Waals surface area contributed by atoms with Crippen molar-refractivity contribution in [3.8, 4) is 0 Å². The fourth-order valence-corrected chi connectivity index (χ4v) is 1.83. The van der Waals surface area contributed by atoms with Crippen molar-refractivity contribution in [1.29, 1.82) is 5.41 Å². The lowest BCUT2D eigenvalue weighted by atomic mass is 10.00. The van der Waals surface area contributed by atoms with Crippen LogP contribution in [-0.2, 0) is 0 Å². The molecule has 0 heterocycles. The molecule has 1 N–H and O–H groups in total. The second-order valence-electron chi connectivity index (χ2n) is 4.74. The molecule has 0 spiro atoms. The Bertz CT molecular complexity index is 342. The van der Waals surface area contributed by atoms with Gasteiger partial charge in [-0.25, -0.2) is 0 Å². The fourth-order valence-electron chi connectivity index (χ4n) is 1.83. The highest BCUT2D eigenvalue weighted by Gasteiger charge is 2.01. The Morgan fingerprint density at radius 1 is 0.875 bits per heavy atom. The maximum absolute atomic E-state index is 7.95. The number of hydrogen-bond donors (Lipinski definition) is 1. The van der Waals surface area contributed by atoms with E-state index < -0.39 is 0 Å². The lowest BCUT2D eigenvalue weighted by Gasteiger charge is -2.07. The summed E-state index contributed by atoms with van der Waals surface area (Å²) in [5.41, 5.74) is 4.81. The maximum atomic E-state index is 7.95. The summed E-state index contributed by atoms with van der Waals surface area (Å²) in [5.74, 6) is 0. The molecule has 0 aromatic heterocycles. The van der Waals surface area contributed by atoms with Crippen LogP contribution in [0.25, 0.3) is 0 Å². The summed E-state index contributed by atoms with van der Waals surface area (Å²) in [6, 6.07) is 0. The average molecular weight is 217 g/mol. The molecule has 1 nitrogen and oxygen atoms in total. The first kappa shape index (κ1) is 13.0. The van der Waals surface area contributed by atoms with Gasteiger partial charge in [0.2, 0.25) is 0 Å². The summed E-state index contributed by atoms with van der Waals surface area (Å²) in [7, 11) is 0. The van der Waals surface area contributed by atoms with Crippen molar-refractivity contribution >= 4 is 5.71 Å². The molecule has 0 aromatic rings. The van der Waals surface area contributed by atoms with Gasteiger partial charge in [0, 0.05) is 5.71 Å². The van der Waals surface area contributed by atoms with Crippen molar-refractivity contribution < 1.29 is 0 Å². The zero-order chi connectivity index (χ0) is 12.0. The molecule has 88 valence electrons. The largest absolute Gasteiger partial charge is 0.305 e. The summed E-state index contributed by atoms with van der Waals surface area (Å²) in [6.45, 7) is 6.43. The molecule has 0 atom stereocenters. The average Bonchev–Trinajstić information content (AvgIpc) is 2.24. The lowest BCUT2D eigenvalue weighted by Crippen LogP contribution is -1.99. The maximum Gasteiger partial charge on any atom is 0.0343 e. The van der Waals surface area contributed by atoms with Gasteiger partial charge in [-0.2, -0.15) is 0 Å².